The third-order valence-corrected chi connectivity index (χ3v) is 8.16. The molecule has 34 heavy (non-hydrogen) atoms. The number of nitrogens with zero attached hydrogens (tertiary/aromatic N) is 4. The van der Waals surface area contributed by atoms with Crippen LogP contribution in [0.2, 0.25) is 0 Å². The van der Waals surface area contributed by atoms with Gasteiger partial charge in [-0.2, -0.15) is 9.40 Å². The van der Waals surface area contributed by atoms with Crippen LogP contribution in [0.15, 0.2) is 23.1 Å². The first kappa shape index (κ1) is 26.0. The number of amides is 1. The SMILES string of the molecule is COc1ccc(OC)c(S(=O)(=O)N2CCN(C(=O)CCc3c(C)nn(CC(C)C)c3C)CC2)c1. The lowest BCUT2D eigenvalue weighted by Gasteiger charge is -2.34. The molecule has 0 aliphatic carbocycles. The van der Waals surface area contributed by atoms with Gasteiger partial charge in [0.25, 0.3) is 0 Å². The van der Waals surface area contributed by atoms with Gasteiger partial charge < -0.3 is 14.4 Å². The van der Waals surface area contributed by atoms with Gasteiger partial charge in [-0.25, -0.2) is 8.42 Å². The Balaban J connectivity index is 1.62. The van der Waals surface area contributed by atoms with Crippen molar-refractivity contribution in [2.45, 2.75) is 52.0 Å². The molecule has 1 aliphatic rings. The van der Waals surface area contributed by atoms with E-state index in [1.807, 2.05) is 11.6 Å². The van der Waals surface area contributed by atoms with Crippen LogP contribution in [0.5, 0.6) is 11.5 Å². The molecule has 188 valence electrons. The van der Waals surface area contributed by atoms with E-state index in [4.69, 9.17) is 9.47 Å². The Morgan fingerprint density at radius 2 is 1.76 bits per heavy atom. The van der Waals surface area contributed by atoms with E-state index in [1.165, 1.54) is 24.6 Å². The highest BCUT2D eigenvalue weighted by atomic mass is 32.2. The number of rotatable bonds is 9. The Morgan fingerprint density at radius 1 is 1.09 bits per heavy atom. The summed E-state index contributed by atoms with van der Waals surface area (Å²) in [6.45, 7) is 10.4. The molecule has 0 radical (unpaired) electrons. The largest absolute Gasteiger partial charge is 0.497 e. The highest BCUT2D eigenvalue weighted by Crippen LogP contribution is 2.31. The molecule has 1 amide bonds. The predicted octanol–water partition coefficient (Wildman–Crippen LogP) is 2.64. The number of piperazine rings is 1. The molecule has 1 saturated heterocycles. The second kappa shape index (κ2) is 10.8. The van der Waals surface area contributed by atoms with Crippen molar-refractivity contribution in [3.8, 4) is 11.5 Å². The minimum atomic E-state index is -3.78. The van der Waals surface area contributed by atoms with Gasteiger partial charge in [0.05, 0.1) is 19.9 Å². The van der Waals surface area contributed by atoms with Crippen LogP contribution >= 0.6 is 0 Å². The van der Waals surface area contributed by atoms with Crippen molar-refractivity contribution in [3.05, 3.63) is 35.2 Å². The summed E-state index contributed by atoms with van der Waals surface area (Å²) in [6, 6.07) is 4.71. The van der Waals surface area contributed by atoms with E-state index in [1.54, 1.807) is 17.0 Å². The van der Waals surface area contributed by atoms with E-state index in [9.17, 15) is 13.2 Å². The Bertz CT molecular complexity index is 1120. The van der Waals surface area contributed by atoms with Gasteiger partial charge in [0.1, 0.15) is 16.4 Å². The lowest BCUT2D eigenvalue weighted by molar-refractivity contribution is -0.132. The third-order valence-electron chi connectivity index (χ3n) is 6.24. The molecule has 0 unspecified atom stereocenters. The van der Waals surface area contributed by atoms with Crippen LogP contribution in [0.4, 0.5) is 0 Å². The zero-order chi connectivity index (χ0) is 25.0. The molecule has 1 fully saturated rings. The average molecular weight is 493 g/mol. The molecule has 2 heterocycles. The number of aryl methyl sites for hydroxylation is 1. The summed E-state index contributed by atoms with van der Waals surface area (Å²) in [7, 11) is -0.856. The van der Waals surface area contributed by atoms with Gasteiger partial charge >= 0.3 is 0 Å². The maximum atomic E-state index is 13.3. The molecule has 3 rings (SSSR count). The van der Waals surface area contributed by atoms with E-state index in [2.05, 4.69) is 25.9 Å². The van der Waals surface area contributed by atoms with Crippen molar-refractivity contribution < 1.29 is 22.7 Å². The minimum absolute atomic E-state index is 0.0337. The summed E-state index contributed by atoms with van der Waals surface area (Å²) in [5, 5.41) is 4.63. The second-order valence-corrected chi connectivity index (χ2v) is 10.9. The average Bonchev–Trinajstić information content (AvgIpc) is 3.08. The summed E-state index contributed by atoms with van der Waals surface area (Å²) in [5.41, 5.74) is 3.21. The number of benzene rings is 1. The van der Waals surface area contributed by atoms with Gasteiger partial charge in [0, 0.05) is 50.9 Å². The van der Waals surface area contributed by atoms with E-state index in [-0.39, 0.29) is 29.6 Å². The number of methoxy groups -OCH3 is 2. The van der Waals surface area contributed by atoms with Crippen LogP contribution in [0.3, 0.4) is 0 Å². The van der Waals surface area contributed by atoms with Gasteiger partial charge in [-0.3, -0.25) is 9.48 Å². The zero-order valence-corrected chi connectivity index (χ0v) is 21.8. The van der Waals surface area contributed by atoms with Crippen LogP contribution in [0, 0.1) is 19.8 Å². The van der Waals surface area contributed by atoms with Gasteiger partial charge in [-0.15, -0.1) is 0 Å². The van der Waals surface area contributed by atoms with Gasteiger partial charge in [-0.1, -0.05) is 13.8 Å². The standard InChI is InChI=1S/C24H36N4O5S/c1-17(2)16-28-19(4)21(18(3)25-28)8-10-24(29)26-11-13-27(14-12-26)34(30,31)23-15-20(32-5)7-9-22(23)33-6/h7,9,15,17H,8,10-14,16H2,1-6H3. The zero-order valence-electron chi connectivity index (χ0n) is 21.0. The minimum Gasteiger partial charge on any atom is -0.497 e. The summed E-state index contributed by atoms with van der Waals surface area (Å²) < 4.78 is 40.4. The molecule has 1 aromatic carbocycles. The van der Waals surface area contributed by atoms with Crippen LogP contribution in [-0.4, -0.2) is 73.7 Å². The summed E-state index contributed by atoms with van der Waals surface area (Å²) in [6.07, 6.45) is 1.01. The molecule has 2 aromatic rings. The van der Waals surface area contributed by atoms with Crippen molar-refractivity contribution in [2.75, 3.05) is 40.4 Å². The molecule has 10 heteroatoms. The molecule has 1 aliphatic heterocycles. The fourth-order valence-electron chi connectivity index (χ4n) is 4.31. The monoisotopic (exact) mass is 492 g/mol. The number of sulfonamides is 1. The lowest BCUT2D eigenvalue weighted by Crippen LogP contribution is -2.50. The quantitative estimate of drug-likeness (QED) is 0.534. The molecule has 0 N–H and O–H groups in total. The molecular formula is C24H36N4O5S. The van der Waals surface area contributed by atoms with Crippen molar-refractivity contribution in [2.24, 2.45) is 5.92 Å². The number of hydrogen-bond acceptors (Lipinski definition) is 6. The van der Waals surface area contributed by atoms with Crippen LogP contribution < -0.4 is 9.47 Å². The predicted molar refractivity (Wildman–Crippen MR) is 130 cm³/mol. The van der Waals surface area contributed by atoms with Crippen molar-refractivity contribution in [1.82, 2.24) is 19.0 Å². The molecule has 1 aromatic heterocycles. The molecule has 0 atom stereocenters. The normalized spacial score (nSPS) is 15.1. The maximum absolute atomic E-state index is 13.3. The van der Waals surface area contributed by atoms with E-state index >= 15 is 0 Å². The number of carbonyl (C=O) groups is 1. The molecular weight excluding hydrogens is 456 g/mol. The number of hydrogen-bond donors (Lipinski definition) is 0. The molecule has 0 spiro atoms. The Morgan fingerprint density at radius 3 is 2.35 bits per heavy atom. The maximum Gasteiger partial charge on any atom is 0.247 e. The van der Waals surface area contributed by atoms with Gasteiger partial charge in [0.2, 0.25) is 15.9 Å². The fraction of sp³-hybridized carbons (Fsp3) is 0.583. The first-order valence-corrected chi connectivity index (χ1v) is 13.0. The number of aromatic nitrogens is 2. The Kier molecular flexibility index (Phi) is 8.25. The first-order valence-electron chi connectivity index (χ1n) is 11.6. The second-order valence-electron chi connectivity index (χ2n) is 9.03. The first-order chi connectivity index (χ1) is 16.1. The third kappa shape index (κ3) is 5.55. The van der Waals surface area contributed by atoms with Crippen molar-refractivity contribution in [1.29, 1.82) is 0 Å². The number of ether oxygens (including phenoxy) is 2. The topological polar surface area (TPSA) is 94.0 Å². The van der Waals surface area contributed by atoms with Crippen molar-refractivity contribution >= 4 is 15.9 Å². The lowest BCUT2D eigenvalue weighted by atomic mass is 10.1. The van der Waals surface area contributed by atoms with Crippen LogP contribution in [-0.2, 0) is 27.8 Å². The van der Waals surface area contributed by atoms with Crippen LogP contribution in [0.25, 0.3) is 0 Å². The van der Waals surface area contributed by atoms with Gasteiger partial charge in [-0.05, 0) is 43.9 Å². The summed E-state index contributed by atoms with van der Waals surface area (Å²) in [5.74, 6) is 1.24. The summed E-state index contributed by atoms with van der Waals surface area (Å²) in [4.78, 5) is 14.7. The summed E-state index contributed by atoms with van der Waals surface area (Å²) >= 11 is 0. The van der Waals surface area contributed by atoms with Crippen molar-refractivity contribution in [3.63, 3.8) is 0 Å². The van der Waals surface area contributed by atoms with Gasteiger partial charge in [0.15, 0.2) is 0 Å². The van der Waals surface area contributed by atoms with Crippen LogP contribution in [0.1, 0.15) is 37.2 Å². The highest BCUT2D eigenvalue weighted by molar-refractivity contribution is 7.89. The van der Waals surface area contributed by atoms with E-state index < -0.39 is 10.0 Å². The smallest absolute Gasteiger partial charge is 0.247 e. The Hall–Kier alpha value is -2.59. The molecule has 0 bridgehead atoms. The number of carbonyl (C=O) groups excluding carboxylic acids is 1. The molecule has 9 nitrogen and oxygen atoms in total. The molecule has 0 saturated carbocycles. The highest BCUT2D eigenvalue weighted by Gasteiger charge is 2.32. The fourth-order valence-corrected chi connectivity index (χ4v) is 5.90. The van der Waals surface area contributed by atoms with E-state index in [0.717, 1.165) is 23.5 Å². The van der Waals surface area contributed by atoms with E-state index in [0.29, 0.717) is 37.6 Å². The Labute approximate surface area is 202 Å².